The molecule has 0 spiro atoms. The van der Waals surface area contributed by atoms with Crippen LogP contribution in [0.25, 0.3) is 22.2 Å². The standard InChI is InChI=1S/C38H47N5O2/c1-8-11-24-43-36-32(21-14-22-39-36)33(29-18-12-16-28(25-29)17-15-23-42(9-2)10-3)35(37(43)44)41-38(45)40-34-30(26(4)5)19-13-20-31(34)27(6)7/h12-14,16,18-22,25-27H,8-11,23-24H2,1-7H3,(H2,40,41,45). The summed E-state index contributed by atoms with van der Waals surface area (Å²) in [7, 11) is 0. The molecule has 0 unspecified atom stereocenters. The second kappa shape index (κ2) is 15.5. The number of rotatable bonds is 11. The van der Waals surface area contributed by atoms with Gasteiger partial charge >= 0.3 is 6.03 Å². The van der Waals surface area contributed by atoms with Gasteiger partial charge in [-0.2, -0.15) is 0 Å². The van der Waals surface area contributed by atoms with Gasteiger partial charge in [0.05, 0.1) is 6.54 Å². The zero-order valence-corrected chi connectivity index (χ0v) is 27.8. The molecule has 2 heterocycles. The van der Waals surface area contributed by atoms with Crippen molar-refractivity contribution in [1.82, 2.24) is 14.5 Å². The van der Waals surface area contributed by atoms with E-state index in [-0.39, 0.29) is 23.1 Å². The van der Waals surface area contributed by atoms with Crippen LogP contribution >= 0.6 is 0 Å². The smallest absolute Gasteiger partial charge is 0.307 e. The molecule has 45 heavy (non-hydrogen) atoms. The van der Waals surface area contributed by atoms with E-state index in [1.807, 2.05) is 54.6 Å². The molecule has 0 bridgehead atoms. The number of nitrogens with zero attached hydrogens (tertiary/aromatic N) is 3. The summed E-state index contributed by atoms with van der Waals surface area (Å²) in [4.78, 5) is 35.0. The molecule has 0 aliphatic rings. The maximum Gasteiger partial charge on any atom is 0.323 e. The molecule has 0 aliphatic heterocycles. The number of carbonyl (C=O) groups excluding carboxylic acids is 1. The van der Waals surface area contributed by atoms with Crippen LogP contribution in [0.1, 0.15) is 89.8 Å². The van der Waals surface area contributed by atoms with Gasteiger partial charge in [0, 0.05) is 34.9 Å². The molecule has 7 nitrogen and oxygen atoms in total. The number of carbonyl (C=O) groups is 1. The number of fused-ring (bicyclic) bond motifs is 1. The minimum Gasteiger partial charge on any atom is -0.307 e. The molecule has 0 atom stereocenters. The molecular weight excluding hydrogens is 558 g/mol. The highest BCUT2D eigenvalue weighted by atomic mass is 16.2. The molecule has 0 fully saturated rings. The van der Waals surface area contributed by atoms with Gasteiger partial charge in [0.25, 0.3) is 5.56 Å². The molecule has 236 valence electrons. The third-order valence-corrected chi connectivity index (χ3v) is 8.19. The lowest BCUT2D eigenvalue weighted by Crippen LogP contribution is -2.30. The number of unbranched alkanes of at least 4 members (excludes halogenated alkanes) is 1. The number of aryl methyl sites for hydroxylation is 1. The van der Waals surface area contributed by atoms with E-state index in [1.165, 1.54) is 0 Å². The first-order chi connectivity index (χ1) is 21.7. The number of hydrogen-bond acceptors (Lipinski definition) is 4. The zero-order chi connectivity index (χ0) is 32.5. The van der Waals surface area contributed by atoms with Crippen LogP contribution in [0.5, 0.6) is 0 Å². The van der Waals surface area contributed by atoms with Gasteiger partial charge in [-0.05, 0) is 72.3 Å². The maximum absolute atomic E-state index is 14.3. The second-order valence-corrected chi connectivity index (χ2v) is 12.0. The normalized spacial score (nSPS) is 11.2. The Balaban J connectivity index is 1.87. The molecule has 0 saturated carbocycles. The van der Waals surface area contributed by atoms with E-state index in [9.17, 15) is 9.59 Å². The van der Waals surface area contributed by atoms with E-state index < -0.39 is 6.03 Å². The van der Waals surface area contributed by atoms with Crippen molar-refractivity contribution in [2.24, 2.45) is 0 Å². The van der Waals surface area contributed by atoms with E-state index in [4.69, 9.17) is 0 Å². The van der Waals surface area contributed by atoms with Crippen molar-refractivity contribution in [3.63, 3.8) is 0 Å². The first-order valence-electron chi connectivity index (χ1n) is 16.2. The Morgan fingerprint density at radius 1 is 0.911 bits per heavy atom. The Kier molecular flexibility index (Phi) is 11.6. The molecule has 2 N–H and O–H groups in total. The number of amides is 2. The third-order valence-electron chi connectivity index (χ3n) is 8.19. The Hall–Kier alpha value is -4.41. The van der Waals surface area contributed by atoms with Crippen molar-refractivity contribution in [2.45, 2.75) is 79.7 Å². The monoisotopic (exact) mass is 605 g/mol. The van der Waals surface area contributed by atoms with Gasteiger partial charge in [0.2, 0.25) is 0 Å². The summed E-state index contributed by atoms with van der Waals surface area (Å²) < 4.78 is 1.69. The minimum atomic E-state index is -0.455. The molecule has 2 aromatic heterocycles. The van der Waals surface area contributed by atoms with Gasteiger partial charge in [-0.1, -0.05) is 97.1 Å². The SMILES string of the molecule is CCCCn1c(=O)c(NC(=O)Nc2c(C(C)C)cccc2C(C)C)c(-c2cccc(C#CCN(CC)CC)c2)c2cccnc21. The summed E-state index contributed by atoms with van der Waals surface area (Å²) in [5.41, 5.74) is 5.72. The van der Waals surface area contributed by atoms with Crippen LogP contribution in [0.2, 0.25) is 0 Å². The van der Waals surface area contributed by atoms with Gasteiger partial charge < -0.3 is 10.6 Å². The summed E-state index contributed by atoms with van der Waals surface area (Å²) in [6.07, 6.45) is 3.44. The number of anilines is 2. The lowest BCUT2D eigenvalue weighted by molar-refractivity contribution is 0.262. The Morgan fingerprint density at radius 3 is 2.22 bits per heavy atom. The fourth-order valence-corrected chi connectivity index (χ4v) is 5.63. The van der Waals surface area contributed by atoms with Crippen LogP contribution in [0, 0.1) is 11.8 Å². The molecule has 0 aliphatic carbocycles. The van der Waals surface area contributed by atoms with E-state index in [1.54, 1.807) is 10.8 Å². The number of urea groups is 1. The van der Waals surface area contributed by atoms with Crippen molar-refractivity contribution in [3.8, 4) is 23.0 Å². The molecular formula is C38H47N5O2. The number of nitrogens with one attached hydrogen (secondary N) is 2. The largest absolute Gasteiger partial charge is 0.323 e. The van der Waals surface area contributed by atoms with Crippen LogP contribution in [-0.2, 0) is 6.54 Å². The molecule has 0 saturated heterocycles. The number of para-hydroxylation sites is 1. The zero-order valence-electron chi connectivity index (χ0n) is 27.8. The van der Waals surface area contributed by atoms with E-state index >= 15 is 0 Å². The first kappa shape index (κ1) is 33.5. The van der Waals surface area contributed by atoms with E-state index in [0.717, 1.165) is 59.3 Å². The average Bonchev–Trinajstić information content (AvgIpc) is 3.03. The second-order valence-electron chi connectivity index (χ2n) is 12.0. The van der Waals surface area contributed by atoms with E-state index in [0.29, 0.717) is 24.3 Å². The third kappa shape index (κ3) is 7.82. The van der Waals surface area contributed by atoms with Crippen molar-refractivity contribution in [3.05, 3.63) is 87.8 Å². The minimum absolute atomic E-state index is 0.207. The van der Waals surface area contributed by atoms with Crippen LogP contribution in [-0.4, -0.2) is 40.1 Å². The maximum atomic E-state index is 14.3. The molecule has 0 radical (unpaired) electrons. The molecule has 2 aromatic carbocycles. The van der Waals surface area contributed by atoms with Crippen LogP contribution in [0.15, 0.2) is 65.6 Å². The highest BCUT2D eigenvalue weighted by Crippen LogP contribution is 2.35. The number of benzene rings is 2. The number of aromatic nitrogens is 2. The molecule has 7 heteroatoms. The van der Waals surface area contributed by atoms with Gasteiger partial charge in [0.15, 0.2) is 0 Å². The lowest BCUT2D eigenvalue weighted by Gasteiger charge is -2.22. The topological polar surface area (TPSA) is 79.3 Å². The highest BCUT2D eigenvalue weighted by Gasteiger charge is 2.22. The summed E-state index contributed by atoms with van der Waals surface area (Å²) in [6, 6.07) is 17.4. The number of hydrogen-bond donors (Lipinski definition) is 2. The molecule has 4 rings (SSSR count). The summed E-state index contributed by atoms with van der Waals surface area (Å²) in [5, 5.41) is 6.93. The van der Waals surface area contributed by atoms with Gasteiger partial charge in [-0.3, -0.25) is 14.3 Å². The fraction of sp³-hybridized carbons (Fsp3) is 0.395. The highest BCUT2D eigenvalue weighted by molar-refractivity contribution is 6.07. The fourth-order valence-electron chi connectivity index (χ4n) is 5.63. The Labute approximate surface area is 268 Å². The van der Waals surface area contributed by atoms with E-state index in [2.05, 4.69) is 80.8 Å². The van der Waals surface area contributed by atoms with Crippen LogP contribution < -0.4 is 16.2 Å². The van der Waals surface area contributed by atoms with Crippen molar-refractivity contribution < 1.29 is 4.79 Å². The van der Waals surface area contributed by atoms with Gasteiger partial charge in [-0.15, -0.1) is 0 Å². The predicted molar refractivity (Wildman–Crippen MR) is 188 cm³/mol. The van der Waals surface area contributed by atoms with Gasteiger partial charge in [-0.25, -0.2) is 9.78 Å². The summed E-state index contributed by atoms with van der Waals surface area (Å²) >= 11 is 0. The van der Waals surface area contributed by atoms with Crippen molar-refractivity contribution >= 4 is 28.4 Å². The Bertz CT molecular complexity index is 1730. The Morgan fingerprint density at radius 2 is 1.58 bits per heavy atom. The average molecular weight is 606 g/mol. The molecule has 4 aromatic rings. The predicted octanol–water partition coefficient (Wildman–Crippen LogP) is 8.45. The van der Waals surface area contributed by atoms with Crippen molar-refractivity contribution in [1.29, 1.82) is 0 Å². The summed E-state index contributed by atoms with van der Waals surface area (Å²) in [6.45, 7) is 17.9. The van der Waals surface area contributed by atoms with Crippen LogP contribution in [0.4, 0.5) is 16.2 Å². The quantitative estimate of drug-likeness (QED) is 0.168. The van der Waals surface area contributed by atoms with Gasteiger partial charge in [0.1, 0.15) is 11.3 Å². The number of pyridine rings is 2. The van der Waals surface area contributed by atoms with Crippen molar-refractivity contribution in [2.75, 3.05) is 30.3 Å². The van der Waals surface area contributed by atoms with Crippen LogP contribution in [0.3, 0.4) is 0 Å². The molecule has 2 amide bonds. The summed E-state index contributed by atoms with van der Waals surface area (Å²) in [5.74, 6) is 6.99. The lowest BCUT2D eigenvalue weighted by atomic mass is 9.93. The first-order valence-corrected chi connectivity index (χ1v) is 16.2.